The first-order valence-electron chi connectivity index (χ1n) is 11.9. The van der Waals surface area contributed by atoms with Crippen molar-refractivity contribution in [2.24, 2.45) is 0 Å². The summed E-state index contributed by atoms with van der Waals surface area (Å²) in [5.41, 5.74) is 3.14. The van der Waals surface area contributed by atoms with Gasteiger partial charge in [-0.1, -0.05) is 42.8 Å². The van der Waals surface area contributed by atoms with Crippen molar-refractivity contribution in [3.8, 4) is 11.5 Å². The Hall–Kier alpha value is -3.02. The van der Waals surface area contributed by atoms with Gasteiger partial charge in [-0.3, -0.25) is 9.59 Å². The number of amides is 2. The maximum atomic E-state index is 13.4. The van der Waals surface area contributed by atoms with Crippen LogP contribution in [0.4, 0.5) is 0 Å². The highest BCUT2D eigenvalue weighted by Gasteiger charge is 2.28. The molecule has 0 aromatic heterocycles. The van der Waals surface area contributed by atoms with Gasteiger partial charge in [-0.25, -0.2) is 0 Å². The van der Waals surface area contributed by atoms with Gasteiger partial charge in [0.2, 0.25) is 11.8 Å². The van der Waals surface area contributed by atoms with E-state index in [1.165, 1.54) is 0 Å². The van der Waals surface area contributed by atoms with Crippen LogP contribution < -0.4 is 14.8 Å². The second-order valence-electron chi connectivity index (χ2n) is 7.98. The van der Waals surface area contributed by atoms with Gasteiger partial charge in [-0.05, 0) is 63.8 Å². The number of benzene rings is 2. The molecule has 0 radical (unpaired) electrons. The number of nitrogens with one attached hydrogen (secondary N) is 1. The van der Waals surface area contributed by atoms with Crippen LogP contribution in [0.5, 0.6) is 11.5 Å². The standard InChI is InChI=1S/C27H38N2O4/c1-6-23(27(31)28-7-2)29(19-22-12-10-11-20(5)17-22)26(30)16-14-21-13-15-24(32-8-3)25(18-21)33-9-4/h10-13,15,17-18,23H,6-9,14,16,19H2,1-5H3,(H,28,31). The molecule has 6 nitrogen and oxygen atoms in total. The third kappa shape index (κ3) is 7.81. The van der Waals surface area contributed by atoms with Crippen molar-refractivity contribution in [2.45, 2.75) is 66.5 Å². The van der Waals surface area contributed by atoms with Crippen LogP contribution in [0.1, 0.15) is 57.2 Å². The molecule has 0 spiro atoms. The summed E-state index contributed by atoms with van der Waals surface area (Å²) in [6.45, 7) is 11.8. The molecule has 1 atom stereocenters. The first kappa shape index (κ1) is 26.2. The molecule has 0 heterocycles. The summed E-state index contributed by atoms with van der Waals surface area (Å²) in [6.07, 6.45) is 1.42. The summed E-state index contributed by atoms with van der Waals surface area (Å²) in [7, 11) is 0. The number of aryl methyl sites for hydroxylation is 2. The summed E-state index contributed by atoms with van der Waals surface area (Å²) >= 11 is 0. The molecule has 180 valence electrons. The van der Waals surface area contributed by atoms with Crippen molar-refractivity contribution >= 4 is 11.8 Å². The number of hydrogen-bond acceptors (Lipinski definition) is 4. The van der Waals surface area contributed by atoms with Crippen LogP contribution in [-0.4, -0.2) is 42.5 Å². The molecule has 0 saturated carbocycles. The molecular formula is C27H38N2O4. The predicted molar refractivity (Wildman–Crippen MR) is 132 cm³/mol. The van der Waals surface area contributed by atoms with E-state index >= 15 is 0 Å². The molecule has 0 fully saturated rings. The lowest BCUT2D eigenvalue weighted by Gasteiger charge is -2.30. The first-order chi connectivity index (χ1) is 15.9. The molecule has 2 aromatic rings. The van der Waals surface area contributed by atoms with Crippen LogP contribution in [0.2, 0.25) is 0 Å². The van der Waals surface area contributed by atoms with Gasteiger partial charge in [0.05, 0.1) is 13.2 Å². The molecule has 0 aliphatic heterocycles. The van der Waals surface area contributed by atoms with Gasteiger partial charge in [-0.2, -0.15) is 0 Å². The third-order valence-corrected chi connectivity index (χ3v) is 5.41. The van der Waals surface area contributed by atoms with Crippen LogP contribution in [0, 0.1) is 6.92 Å². The van der Waals surface area contributed by atoms with E-state index in [2.05, 4.69) is 11.4 Å². The fraction of sp³-hybridized carbons (Fsp3) is 0.481. The predicted octanol–water partition coefficient (Wildman–Crippen LogP) is 4.67. The van der Waals surface area contributed by atoms with E-state index in [-0.39, 0.29) is 11.8 Å². The lowest BCUT2D eigenvalue weighted by Crippen LogP contribution is -2.49. The summed E-state index contributed by atoms with van der Waals surface area (Å²) in [5, 5.41) is 2.88. The molecule has 0 aliphatic rings. The van der Waals surface area contributed by atoms with Crippen LogP contribution in [-0.2, 0) is 22.6 Å². The highest BCUT2D eigenvalue weighted by Crippen LogP contribution is 2.29. The maximum absolute atomic E-state index is 13.4. The molecule has 6 heteroatoms. The van der Waals surface area contributed by atoms with Gasteiger partial charge in [0.1, 0.15) is 6.04 Å². The number of nitrogens with zero attached hydrogens (tertiary/aromatic N) is 1. The Morgan fingerprint density at radius 3 is 2.30 bits per heavy atom. The molecule has 0 bridgehead atoms. The van der Waals surface area contributed by atoms with Crippen molar-refractivity contribution in [1.29, 1.82) is 0 Å². The van der Waals surface area contributed by atoms with Crippen LogP contribution in [0.3, 0.4) is 0 Å². The minimum atomic E-state index is -0.503. The quantitative estimate of drug-likeness (QED) is 0.478. The van der Waals surface area contributed by atoms with E-state index in [9.17, 15) is 9.59 Å². The van der Waals surface area contributed by atoms with Gasteiger partial charge in [0.25, 0.3) is 0 Å². The van der Waals surface area contributed by atoms with Crippen molar-refractivity contribution in [3.05, 3.63) is 59.2 Å². The van der Waals surface area contributed by atoms with Gasteiger partial charge in [0.15, 0.2) is 11.5 Å². The topological polar surface area (TPSA) is 67.9 Å². The van der Waals surface area contributed by atoms with Crippen molar-refractivity contribution in [3.63, 3.8) is 0 Å². The first-order valence-corrected chi connectivity index (χ1v) is 11.9. The second kappa shape index (κ2) is 13.5. The molecule has 0 aliphatic carbocycles. The molecule has 2 amide bonds. The minimum absolute atomic E-state index is 0.0403. The Kier molecular flexibility index (Phi) is 10.7. The van der Waals surface area contributed by atoms with E-state index in [0.717, 1.165) is 16.7 Å². The molecule has 0 saturated heterocycles. The number of carbonyl (C=O) groups excluding carboxylic acids is 2. The highest BCUT2D eigenvalue weighted by molar-refractivity contribution is 5.87. The van der Waals surface area contributed by atoms with Gasteiger partial charge >= 0.3 is 0 Å². The Balaban J connectivity index is 2.21. The molecule has 1 N–H and O–H groups in total. The fourth-order valence-corrected chi connectivity index (χ4v) is 3.86. The van der Waals surface area contributed by atoms with E-state index < -0.39 is 6.04 Å². The third-order valence-electron chi connectivity index (χ3n) is 5.41. The minimum Gasteiger partial charge on any atom is -0.490 e. The normalized spacial score (nSPS) is 11.5. The highest BCUT2D eigenvalue weighted by atomic mass is 16.5. The Morgan fingerprint density at radius 1 is 0.939 bits per heavy atom. The Labute approximate surface area is 198 Å². The summed E-state index contributed by atoms with van der Waals surface area (Å²) in [6, 6.07) is 13.4. The zero-order valence-corrected chi connectivity index (χ0v) is 20.6. The Bertz CT molecular complexity index is 913. The number of likely N-dealkylation sites (N-methyl/N-ethyl adjacent to an activating group) is 1. The number of hydrogen-bond donors (Lipinski definition) is 1. The van der Waals surface area contributed by atoms with Crippen molar-refractivity contribution in [2.75, 3.05) is 19.8 Å². The SMILES string of the molecule is CCNC(=O)C(CC)N(Cc1cccc(C)c1)C(=O)CCc1ccc(OCC)c(OCC)c1. The summed E-state index contributed by atoms with van der Waals surface area (Å²) in [5.74, 6) is 1.25. The zero-order valence-electron chi connectivity index (χ0n) is 20.6. The van der Waals surface area contributed by atoms with Gasteiger partial charge in [-0.15, -0.1) is 0 Å². The van der Waals surface area contributed by atoms with Crippen LogP contribution in [0.15, 0.2) is 42.5 Å². The monoisotopic (exact) mass is 454 g/mol. The smallest absolute Gasteiger partial charge is 0.242 e. The van der Waals surface area contributed by atoms with Crippen LogP contribution >= 0.6 is 0 Å². The average Bonchev–Trinajstić information content (AvgIpc) is 2.79. The number of carbonyl (C=O) groups is 2. The second-order valence-corrected chi connectivity index (χ2v) is 7.98. The van der Waals surface area contributed by atoms with Gasteiger partial charge in [0, 0.05) is 19.5 Å². The maximum Gasteiger partial charge on any atom is 0.242 e. The van der Waals surface area contributed by atoms with E-state index in [1.807, 2.05) is 71.0 Å². The van der Waals surface area contributed by atoms with Gasteiger partial charge < -0.3 is 19.7 Å². The zero-order chi connectivity index (χ0) is 24.2. The molecule has 1 unspecified atom stereocenters. The lowest BCUT2D eigenvalue weighted by molar-refractivity contribution is -0.141. The largest absolute Gasteiger partial charge is 0.490 e. The summed E-state index contributed by atoms with van der Waals surface area (Å²) in [4.78, 5) is 27.8. The van der Waals surface area contributed by atoms with E-state index in [1.54, 1.807) is 4.90 Å². The van der Waals surface area contributed by atoms with Crippen LogP contribution in [0.25, 0.3) is 0 Å². The number of rotatable bonds is 13. The van der Waals surface area contributed by atoms with E-state index in [4.69, 9.17) is 9.47 Å². The van der Waals surface area contributed by atoms with E-state index in [0.29, 0.717) is 57.1 Å². The summed E-state index contributed by atoms with van der Waals surface area (Å²) < 4.78 is 11.4. The average molecular weight is 455 g/mol. The van der Waals surface area contributed by atoms with Crippen molar-refractivity contribution in [1.82, 2.24) is 10.2 Å². The fourth-order valence-electron chi connectivity index (χ4n) is 3.86. The lowest BCUT2D eigenvalue weighted by atomic mass is 10.0. The molecule has 2 aromatic carbocycles. The molecular weight excluding hydrogens is 416 g/mol. The van der Waals surface area contributed by atoms with Crippen molar-refractivity contribution < 1.29 is 19.1 Å². The molecule has 2 rings (SSSR count). The number of ether oxygens (including phenoxy) is 2. The molecule has 33 heavy (non-hydrogen) atoms. The Morgan fingerprint density at radius 2 is 1.67 bits per heavy atom.